The minimum absolute atomic E-state index is 0.0479. The molecule has 2 aromatic rings. The lowest BCUT2D eigenvalue weighted by molar-refractivity contribution is -0.137. The Morgan fingerprint density at radius 2 is 1.91 bits per heavy atom. The van der Waals surface area contributed by atoms with Gasteiger partial charge < -0.3 is 4.74 Å². The minimum Gasteiger partial charge on any atom is -0.488 e. The Balaban J connectivity index is 2.19. The average molecular weight is 438 g/mol. The van der Waals surface area contributed by atoms with E-state index >= 15 is 0 Å². The van der Waals surface area contributed by atoms with Gasteiger partial charge in [0.1, 0.15) is 18.2 Å². The Hall–Kier alpha value is -1.64. The van der Waals surface area contributed by atoms with Crippen LogP contribution in [0.15, 0.2) is 36.4 Å². The van der Waals surface area contributed by atoms with Gasteiger partial charge in [-0.3, -0.25) is 4.79 Å². The first kappa shape index (κ1) is 17.7. The van der Waals surface area contributed by atoms with Crippen LogP contribution in [0.25, 0.3) is 0 Å². The highest BCUT2D eigenvalue weighted by molar-refractivity contribution is 14.1. The molecule has 0 N–H and O–H groups in total. The molecule has 23 heavy (non-hydrogen) atoms. The van der Waals surface area contributed by atoms with Gasteiger partial charge in [-0.25, -0.2) is 4.39 Å². The first-order chi connectivity index (χ1) is 10.7. The van der Waals surface area contributed by atoms with Crippen molar-refractivity contribution in [1.29, 1.82) is 0 Å². The molecule has 0 bridgehead atoms. The number of hydrogen-bond donors (Lipinski definition) is 0. The summed E-state index contributed by atoms with van der Waals surface area (Å²) in [4.78, 5) is 11.3. The third kappa shape index (κ3) is 4.21. The van der Waals surface area contributed by atoms with E-state index in [0.29, 0.717) is 0 Å². The summed E-state index contributed by atoms with van der Waals surface area (Å²) in [6.45, 7) is 1.07. The highest BCUT2D eigenvalue weighted by Gasteiger charge is 2.31. The van der Waals surface area contributed by atoms with Crippen molar-refractivity contribution in [2.45, 2.75) is 19.7 Å². The molecule has 0 aromatic heterocycles. The quantitative estimate of drug-likeness (QED) is 0.371. The second-order valence-corrected chi connectivity index (χ2v) is 5.93. The predicted molar refractivity (Wildman–Crippen MR) is 84.9 cm³/mol. The summed E-state index contributed by atoms with van der Waals surface area (Å²) in [5.41, 5.74) is -0.666. The number of rotatable bonds is 4. The number of benzene rings is 2. The largest absolute Gasteiger partial charge is 0.488 e. The summed E-state index contributed by atoms with van der Waals surface area (Å²) < 4.78 is 57.5. The second kappa shape index (κ2) is 6.86. The third-order valence-corrected chi connectivity index (χ3v) is 3.94. The van der Waals surface area contributed by atoms with Crippen molar-refractivity contribution in [2.24, 2.45) is 0 Å². The molecule has 7 heteroatoms. The Bertz CT molecular complexity index is 741. The van der Waals surface area contributed by atoms with Gasteiger partial charge in [-0.1, -0.05) is 12.1 Å². The van der Waals surface area contributed by atoms with Crippen LogP contribution in [-0.4, -0.2) is 5.78 Å². The SMILES string of the molecule is CC(=O)c1cccc(COc2ccc(C(F)(F)F)cc2I)c1F. The molecule has 0 saturated heterocycles. The molecular formula is C16H11F4IO2. The Morgan fingerprint density at radius 3 is 2.48 bits per heavy atom. The fourth-order valence-corrected chi connectivity index (χ4v) is 2.58. The van der Waals surface area contributed by atoms with E-state index in [1.165, 1.54) is 31.2 Å². The lowest BCUT2D eigenvalue weighted by Crippen LogP contribution is -2.07. The highest BCUT2D eigenvalue weighted by Crippen LogP contribution is 2.33. The van der Waals surface area contributed by atoms with E-state index in [-0.39, 0.29) is 27.1 Å². The topological polar surface area (TPSA) is 26.3 Å². The van der Waals surface area contributed by atoms with Crippen LogP contribution in [0.5, 0.6) is 5.75 Å². The number of halogens is 5. The number of Topliss-reactive ketones (excluding diaryl/α,β-unsaturated/α-hetero) is 1. The molecule has 0 aliphatic rings. The summed E-state index contributed by atoms with van der Waals surface area (Å²) in [5.74, 6) is -0.874. The van der Waals surface area contributed by atoms with Crippen LogP contribution in [0, 0.1) is 9.39 Å². The summed E-state index contributed by atoms with van der Waals surface area (Å²) >= 11 is 1.72. The van der Waals surface area contributed by atoms with Crippen molar-refractivity contribution in [3.05, 3.63) is 62.5 Å². The maximum Gasteiger partial charge on any atom is 0.416 e. The fraction of sp³-hybridized carbons (Fsp3) is 0.188. The molecule has 0 saturated carbocycles. The number of hydrogen-bond acceptors (Lipinski definition) is 2. The van der Waals surface area contributed by atoms with Gasteiger partial charge in [-0.2, -0.15) is 13.2 Å². The van der Waals surface area contributed by atoms with E-state index in [2.05, 4.69) is 0 Å². The van der Waals surface area contributed by atoms with Gasteiger partial charge in [0.2, 0.25) is 0 Å². The monoisotopic (exact) mass is 438 g/mol. The van der Waals surface area contributed by atoms with E-state index in [0.717, 1.165) is 12.1 Å². The summed E-state index contributed by atoms with van der Waals surface area (Å²) in [6, 6.07) is 7.40. The first-order valence-corrected chi connectivity index (χ1v) is 7.56. The predicted octanol–water partition coefficient (Wildman–Crippen LogP) is 5.23. The minimum atomic E-state index is -4.43. The normalized spacial score (nSPS) is 11.4. The molecular weight excluding hydrogens is 427 g/mol. The number of ether oxygens (including phenoxy) is 1. The van der Waals surface area contributed by atoms with Crippen molar-refractivity contribution in [3.63, 3.8) is 0 Å². The van der Waals surface area contributed by atoms with Gasteiger partial charge in [0.25, 0.3) is 0 Å². The summed E-state index contributed by atoms with van der Waals surface area (Å²) in [5, 5.41) is 0. The molecule has 2 nitrogen and oxygen atoms in total. The van der Waals surface area contributed by atoms with E-state index in [9.17, 15) is 22.4 Å². The standard InChI is InChI=1S/C16H11F4IO2/c1-9(22)12-4-2-3-10(15(12)17)8-23-14-6-5-11(7-13(14)21)16(18,19)20/h2-7H,8H2,1H3. The van der Waals surface area contributed by atoms with E-state index in [1.807, 2.05) is 0 Å². The van der Waals surface area contributed by atoms with Crippen molar-refractivity contribution in [3.8, 4) is 5.75 Å². The van der Waals surface area contributed by atoms with E-state index in [1.54, 1.807) is 22.6 Å². The van der Waals surface area contributed by atoms with Gasteiger partial charge in [0, 0.05) is 5.56 Å². The molecule has 0 amide bonds. The van der Waals surface area contributed by atoms with Gasteiger partial charge in [0.05, 0.1) is 14.7 Å². The maximum atomic E-state index is 14.1. The van der Waals surface area contributed by atoms with Crippen LogP contribution in [0.4, 0.5) is 17.6 Å². The van der Waals surface area contributed by atoms with Crippen LogP contribution in [-0.2, 0) is 12.8 Å². The van der Waals surface area contributed by atoms with Gasteiger partial charge >= 0.3 is 6.18 Å². The second-order valence-electron chi connectivity index (χ2n) is 4.77. The maximum absolute atomic E-state index is 14.1. The fourth-order valence-electron chi connectivity index (χ4n) is 1.91. The van der Waals surface area contributed by atoms with Gasteiger partial charge in [-0.05, 0) is 53.8 Å². The molecule has 2 aromatic carbocycles. The Kier molecular flexibility index (Phi) is 5.28. The number of ketones is 1. The molecule has 122 valence electrons. The van der Waals surface area contributed by atoms with E-state index in [4.69, 9.17) is 4.74 Å². The molecule has 0 radical (unpaired) electrons. The van der Waals surface area contributed by atoms with E-state index < -0.39 is 23.3 Å². The lowest BCUT2D eigenvalue weighted by atomic mass is 10.1. The third-order valence-electron chi connectivity index (χ3n) is 3.10. The molecule has 0 fully saturated rings. The van der Waals surface area contributed by atoms with Crippen molar-refractivity contribution in [1.82, 2.24) is 0 Å². The van der Waals surface area contributed by atoms with Gasteiger partial charge in [-0.15, -0.1) is 0 Å². The average Bonchev–Trinajstić information content (AvgIpc) is 2.46. The van der Waals surface area contributed by atoms with Gasteiger partial charge in [0.15, 0.2) is 5.78 Å². The summed E-state index contributed by atoms with van der Waals surface area (Å²) in [7, 11) is 0. The lowest BCUT2D eigenvalue weighted by Gasteiger charge is -2.12. The molecule has 0 unspecified atom stereocenters. The molecule has 2 rings (SSSR count). The van der Waals surface area contributed by atoms with Crippen molar-refractivity contribution >= 4 is 28.4 Å². The Labute approximate surface area is 143 Å². The van der Waals surface area contributed by atoms with Crippen LogP contribution >= 0.6 is 22.6 Å². The zero-order valence-corrected chi connectivity index (χ0v) is 14.0. The number of alkyl halides is 3. The molecule has 0 atom stereocenters. The molecule has 0 aliphatic carbocycles. The highest BCUT2D eigenvalue weighted by atomic mass is 127. The van der Waals surface area contributed by atoms with Crippen LogP contribution in [0.1, 0.15) is 28.4 Å². The van der Waals surface area contributed by atoms with Crippen molar-refractivity contribution < 1.29 is 27.1 Å². The molecule has 0 spiro atoms. The zero-order chi connectivity index (χ0) is 17.2. The van der Waals surface area contributed by atoms with Crippen LogP contribution < -0.4 is 4.74 Å². The zero-order valence-electron chi connectivity index (χ0n) is 11.9. The molecule has 0 aliphatic heterocycles. The number of carbonyl (C=O) groups is 1. The van der Waals surface area contributed by atoms with Crippen LogP contribution in [0.3, 0.4) is 0 Å². The van der Waals surface area contributed by atoms with Crippen LogP contribution in [0.2, 0.25) is 0 Å². The molecule has 0 heterocycles. The summed E-state index contributed by atoms with van der Waals surface area (Å²) in [6.07, 6.45) is -4.43. The van der Waals surface area contributed by atoms with Crippen molar-refractivity contribution in [2.75, 3.05) is 0 Å². The first-order valence-electron chi connectivity index (χ1n) is 6.48. The smallest absolute Gasteiger partial charge is 0.416 e. The Morgan fingerprint density at radius 1 is 1.22 bits per heavy atom. The number of carbonyl (C=O) groups excluding carboxylic acids is 1.